The third-order valence-corrected chi connectivity index (χ3v) is 2.88. The van der Waals surface area contributed by atoms with Crippen molar-refractivity contribution in [3.05, 3.63) is 35.1 Å². The van der Waals surface area contributed by atoms with Crippen LogP contribution < -0.4 is 0 Å². The van der Waals surface area contributed by atoms with E-state index in [0.29, 0.717) is 0 Å². The summed E-state index contributed by atoms with van der Waals surface area (Å²) in [5.74, 6) is -0.167. The molecule has 0 aliphatic rings. The summed E-state index contributed by atoms with van der Waals surface area (Å²) in [6.45, 7) is 5.70. The van der Waals surface area contributed by atoms with Crippen LogP contribution in [0, 0.1) is 12.7 Å². The predicted molar refractivity (Wildman–Crippen MR) is 67.4 cm³/mol. The predicted octanol–water partition coefficient (Wildman–Crippen LogP) is 3.58. The van der Waals surface area contributed by atoms with Crippen molar-refractivity contribution in [2.45, 2.75) is 32.2 Å². The van der Waals surface area contributed by atoms with Crippen LogP contribution in [0.4, 0.5) is 4.39 Å². The zero-order valence-electron chi connectivity index (χ0n) is 10.1. The molecule has 0 aromatic heterocycles. The molecule has 16 heavy (non-hydrogen) atoms. The molecular formula is C13H19ClFN. The van der Waals surface area contributed by atoms with Crippen LogP contribution >= 0.6 is 11.6 Å². The number of rotatable bonds is 5. The molecule has 1 atom stereocenters. The lowest BCUT2D eigenvalue weighted by Crippen LogP contribution is -2.21. The monoisotopic (exact) mass is 243 g/mol. The number of halogens is 2. The lowest BCUT2D eigenvalue weighted by atomic mass is 10.1. The van der Waals surface area contributed by atoms with Gasteiger partial charge in [-0.15, -0.1) is 11.6 Å². The summed E-state index contributed by atoms with van der Waals surface area (Å²) in [6, 6.07) is 4.93. The Labute approximate surface area is 102 Å². The average molecular weight is 244 g/mol. The van der Waals surface area contributed by atoms with E-state index < -0.39 is 0 Å². The smallest absolute Gasteiger partial charge is 0.123 e. The molecule has 0 spiro atoms. The maximum atomic E-state index is 13.1. The zero-order chi connectivity index (χ0) is 12.1. The first-order chi connectivity index (χ1) is 7.49. The van der Waals surface area contributed by atoms with Crippen LogP contribution in [0.15, 0.2) is 18.2 Å². The van der Waals surface area contributed by atoms with Gasteiger partial charge in [-0.3, -0.25) is 0 Å². The van der Waals surface area contributed by atoms with Crippen molar-refractivity contribution in [1.82, 2.24) is 4.90 Å². The third kappa shape index (κ3) is 4.50. The molecule has 0 fully saturated rings. The topological polar surface area (TPSA) is 3.24 Å². The average Bonchev–Trinajstić information content (AvgIpc) is 2.20. The molecule has 3 heteroatoms. The summed E-state index contributed by atoms with van der Waals surface area (Å²) in [5, 5.41) is 0.191. The van der Waals surface area contributed by atoms with Crippen molar-refractivity contribution in [3.63, 3.8) is 0 Å². The van der Waals surface area contributed by atoms with Gasteiger partial charge in [0.2, 0.25) is 0 Å². The second kappa shape index (κ2) is 6.21. The molecule has 0 radical (unpaired) electrons. The van der Waals surface area contributed by atoms with Gasteiger partial charge >= 0.3 is 0 Å². The van der Waals surface area contributed by atoms with Crippen molar-refractivity contribution < 1.29 is 4.39 Å². The quantitative estimate of drug-likeness (QED) is 0.715. The van der Waals surface area contributed by atoms with E-state index in [4.69, 9.17) is 11.6 Å². The zero-order valence-corrected chi connectivity index (χ0v) is 10.9. The van der Waals surface area contributed by atoms with E-state index in [-0.39, 0.29) is 11.2 Å². The first kappa shape index (κ1) is 13.5. The summed E-state index contributed by atoms with van der Waals surface area (Å²) < 4.78 is 13.1. The molecule has 0 aliphatic carbocycles. The molecule has 0 saturated carbocycles. The number of hydrogen-bond acceptors (Lipinski definition) is 1. The lowest BCUT2D eigenvalue weighted by molar-refractivity contribution is 0.320. The standard InChI is InChI=1S/C13H19ClFN/c1-10-4-5-13(15)8-12(10)9-16(3)7-6-11(2)14/h4-5,8,11H,6-7,9H2,1-3H3. The van der Waals surface area contributed by atoms with Crippen LogP contribution in [0.3, 0.4) is 0 Å². The molecule has 1 unspecified atom stereocenters. The van der Waals surface area contributed by atoms with E-state index in [2.05, 4.69) is 4.90 Å². The highest BCUT2D eigenvalue weighted by Gasteiger charge is 2.05. The fourth-order valence-corrected chi connectivity index (χ4v) is 1.68. The van der Waals surface area contributed by atoms with Crippen LogP contribution in [0.1, 0.15) is 24.5 Å². The molecule has 1 aromatic rings. The maximum Gasteiger partial charge on any atom is 0.123 e. The minimum atomic E-state index is -0.167. The van der Waals surface area contributed by atoms with Gasteiger partial charge in [0.25, 0.3) is 0 Å². The SMILES string of the molecule is Cc1ccc(F)cc1CN(C)CCC(C)Cl. The van der Waals surface area contributed by atoms with Gasteiger partial charge in [-0.05, 0) is 57.1 Å². The van der Waals surface area contributed by atoms with Gasteiger partial charge in [0, 0.05) is 11.9 Å². The lowest BCUT2D eigenvalue weighted by Gasteiger charge is -2.18. The molecule has 0 bridgehead atoms. The second-order valence-corrected chi connectivity index (χ2v) is 5.12. The maximum absolute atomic E-state index is 13.1. The van der Waals surface area contributed by atoms with Gasteiger partial charge in [-0.25, -0.2) is 4.39 Å². The molecule has 90 valence electrons. The number of alkyl halides is 1. The summed E-state index contributed by atoms with van der Waals surface area (Å²) >= 11 is 5.89. The first-order valence-electron chi connectivity index (χ1n) is 5.56. The Balaban J connectivity index is 2.55. The van der Waals surface area contributed by atoms with Crippen molar-refractivity contribution >= 4 is 11.6 Å². The van der Waals surface area contributed by atoms with E-state index >= 15 is 0 Å². The Bertz CT molecular complexity index is 339. The Morgan fingerprint density at radius 1 is 1.44 bits per heavy atom. The van der Waals surface area contributed by atoms with E-state index in [9.17, 15) is 4.39 Å². The normalized spacial score (nSPS) is 13.1. The van der Waals surface area contributed by atoms with Gasteiger partial charge in [-0.2, -0.15) is 0 Å². The second-order valence-electron chi connectivity index (χ2n) is 4.38. The van der Waals surface area contributed by atoms with Crippen LogP contribution in [-0.2, 0) is 6.54 Å². The van der Waals surface area contributed by atoms with Crippen LogP contribution in [0.5, 0.6) is 0 Å². The number of benzene rings is 1. The molecule has 0 amide bonds. The Morgan fingerprint density at radius 2 is 2.12 bits per heavy atom. The molecule has 1 rings (SSSR count). The van der Waals surface area contributed by atoms with E-state index in [0.717, 1.165) is 30.6 Å². The van der Waals surface area contributed by atoms with Crippen LogP contribution in [0.25, 0.3) is 0 Å². The highest BCUT2D eigenvalue weighted by molar-refractivity contribution is 6.20. The largest absolute Gasteiger partial charge is 0.302 e. The molecule has 0 aliphatic heterocycles. The Morgan fingerprint density at radius 3 is 2.75 bits per heavy atom. The van der Waals surface area contributed by atoms with Gasteiger partial charge in [0.15, 0.2) is 0 Å². The van der Waals surface area contributed by atoms with Crippen molar-refractivity contribution in [3.8, 4) is 0 Å². The van der Waals surface area contributed by atoms with Crippen LogP contribution in [0.2, 0.25) is 0 Å². The summed E-state index contributed by atoms with van der Waals surface area (Å²) in [5.41, 5.74) is 2.18. The van der Waals surface area contributed by atoms with Crippen molar-refractivity contribution in [2.75, 3.05) is 13.6 Å². The van der Waals surface area contributed by atoms with E-state index in [1.807, 2.05) is 27.0 Å². The first-order valence-corrected chi connectivity index (χ1v) is 6.00. The molecule has 0 heterocycles. The Hall–Kier alpha value is -0.600. The minimum absolute atomic E-state index is 0.167. The summed E-state index contributed by atoms with van der Waals surface area (Å²) in [6.07, 6.45) is 0.951. The summed E-state index contributed by atoms with van der Waals surface area (Å²) in [4.78, 5) is 2.17. The minimum Gasteiger partial charge on any atom is -0.302 e. The fourth-order valence-electron chi connectivity index (χ4n) is 1.58. The Kier molecular flexibility index (Phi) is 5.23. The van der Waals surface area contributed by atoms with Gasteiger partial charge in [0.05, 0.1) is 0 Å². The van der Waals surface area contributed by atoms with Gasteiger partial charge in [-0.1, -0.05) is 6.07 Å². The van der Waals surface area contributed by atoms with Crippen molar-refractivity contribution in [2.24, 2.45) is 0 Å². The van der Waals surface area contributed by atoms with Gasteiger partial charge < -0.3 is 4.90 Å². The number of nitrogens with zero attached hydrogens (tertiary/aromatic N) is 1. The fraction of sp³-hybridized carbons (Fsp3) is 0.538. The molecule has 1 nitrogen and oxygen atoms in total. The highest BCUT2D eigenvalue weighted by Crippen LogP contribution is 2.13. The molecule has 0 N–H and O–H groups in total. The molecule has 0 saturated heterocycles. The highest BCUT2D eigenvalue weighted by atomic mass is 35.5. The third-order valence-electron chi connectivity index (χ3n) is 2.66. The molecular weight excluding hydrogens is 225 g/mol. The number of aryl methyl sites for hydroxylation is 1. The van der Waals surface area contributed by atoms with E-state index in [1.54, 1.807) is 6.07 Å². The number of hydrogen-bond donors (Lipinski definition) is 0. The summed E-state index contributed by atoms with van der Waals surface area (Å²) in [7, 11) is 2.03. The van der Waals surface area contributed by atoms with Crippen LogP contribution in [-0.4, -0.2) is 23.9 Å². The van der Waals surface area contributed by atoms with Gasteiger partial charge in [0.1, 0.15) is 5.82 Å². The molecule has 1 aromatic carbocycles. The van der Waals surface area contributed by atoms with E-state index in [1.165, 1.54) is 6.07 Å². The van der Waals surface area contributed by atoms with Crippen molar-refractivity contribution in [1.29, 1.82) is 0 Å².